The molecule has 0 unspecified atom stereocenters. The fourth-order valence-electron chi connectivity index (χ4n) is 0.834. The van der Waals surface area contributed by atoms with Gasteiger partial charge in [-0.1, -0.05) is 6.92 Å². The highest BCUT2D eigenvalue weighted by Crippen LogP contribution is 2.00. The van der Waals surface area contributed by atoms with Crippen LogP contribution in [0.2, 0.25) is 0 Å². The van der Waals surface area contributed by atoms with Gasteiger partial charge < -0.3 is 9.64 Å². The molecule has 1 rings (SSSR count). The van der Waals surface area contributed by atoms with Crippen molar-refractivity contribution in [1.82, 2.24) is 4.90 Å². The van der Waals surface area contributed by atoms with E-state index >= 15 is 0 Å². The van der Waals surface area contributed by atoms with Crippen LogP contribution in [-0.2, 0) is 9.53 Å². The Kier molecular flexibility index (Phi) is 2.05. The van der Waals surface area contributed by atoms with Crippen LogP contribution >= 0.6 is 0 Å². The third-order valence-corrected chi connectivity index (χ3v) is 1.41. The molecule has 0 aromatic rings. The van der Waals surface area contributed by atoms with Crippen LogP contribution in [0.1, 0.15) is 13.3 Å². The zero-order chi connectivity index (χ0) is 6.69. The lowest BCUT2D eigenvalue weighted by atomic mass is 10.4. The standard InChI is InChI=1S/C6H11NO2/c1-2-6(8)7-3-4-9-5-7/h2-5H2,1H3. The van der Waals surface area contributed by atoms with E-state index in [1.54, 1.807) is 4.90 Å². The molecule has 9 heavy (non-hydrogen) atoms. The molecule has 1 fully saturated rings. The SMILES string of the molecule is CCC(=O)N1CCOC1. The lowest BCUT2D eigenvalue weighted by Gasteiger charge is -2.10. The Labute approximate surface area is 54.6 Å². The predicted molar refractivity (Wildman–Crippen MR) is 32.8 cm³/mol. The van der Waals surface area contributed by atoms with Crippen LogP contribution in [0.15, 0.2) is 0 Å². The number of nitrogens with zero attached hydrogens (tertiary/aromatic N) is 1. The van der Waals surface area contributed by atoms with E-state index in [-0.39, 0.29) is 5.91 Å². The monoisotopic (exact) mass is 129 g/mol. The summed E-state index contributed by atoms with van der Waals surface area (Å²) in [7, 11) is 0. The van der Waals surface area contributed by atoms with Gasteiger partial charge in [0.25, 0.3) is 0 Å². The lowest BCUT2D eigenvalue weighted by Crippen LogP contribution is -2.27. The first kappa shape index (κ1) is 6.55. The van der Waals surface area contributed by atoms with E-state index in [1.165, 1.54) is 0 Å². The van der Waals surface area contributed by atoms with E-state index < -0.39 is 0 Å². The molecule has 0 aromatic carbocycles. The van der Waals surface area contributed by atoms with Gasteiger partial charge in [0.15, 0.2) is 0 Å². The smallest absolute Gasteiger partial charge is 0.224 e. The van der Waals surface area contributed by atoms with Crippen molar-refractivity contribution in [2.24, 2.45) is 0 Å². The molecule has 0 spiro atoms. The Bertz CT molecular complexity index is 108. The maximum atomic E-state index is 10.9. The molecule has 1 saturated heterocycles. The molecule has 52 valence electrons. The normalized spacial score (nSPS) is 18.6. The number of amides is 1. The largest absolute Gasteiger partial charge is 0.359 e. The molecule has 0 bridgehead atoms. The zero-order valence-electron chi connectivity index (χ0n) is 5.59. The molecular formula is C6H11NO2. The maximum absolute atomic E-state index is 10.9. The lowest BCUT2D eigenvalue weighted by molar-refractivity contribution is -0.131. The van der Waals surface area contributed by atoms with Crippen molar-refractivity contribution in [1.29, 1.82) is 0 Å². The van der Waals surface area contributed by atoms with E-state index in [0.29, 0.717) is 19.8 Å². The van der Waals surface area contributed by atoms with Crippen molar-refractivity contribution < 1.29 is 9.53 Å². The van der Waals surface area contributed by atoms with Gasteiger partial charge in [-0.15, -0.1) is 0 Å². The fourth-order valence-corrected chi connectivity index (χ4v) is 0.834. The van der Waals surface area contributed by atoms with Gasteiger partial charge >= 0.3 is 0 Å². The molecule has 1 aliphatic rings. The van der Waals surface area contributed by atoms with Crippen LogP contribution in [0.5, 0.6) is 0 Å². The quantitative estimate of drug-likeness (QED) is 0.506. The average molecular weight is 129 g/mol. The molecule has 3 heteroatoms. The van der Waals surface area contributed by atoms with E-state index in [9.17, 15) is 4.79 Å². The van der Waals surface area contributed by atoms with Crippen molar-refractivity contribution in [2.75, 3.05) is 19.9 Å². The van der Waals surface area contributed by atoms with Crippen LogP contribution in [-0.4, -0.2) is 30.7 Å². The van der Waals surface area contributed by atoms with Crippen LogP contribution < -0.4 is 0 Å². The minimum Gasteiger partial charge on any atom is -0.359 e. The van der Waals surface area contributed by atoms with E-state index in [0.717, 1.165) is 6.54 Å². The minimum atomic E-state index is 0.188. The van der Waals surface area contributed by atoms with Gasteiger partial charge in [0.1, 0.15) is 6.73 Å². The van der Waals surface area contributed by atoms with E-state index in [4.69, 9.17) is 4.74 Å². The summed E-state index contributed by atoms with van der Waals surface area (Å²) in [5.41, 5.74) is 0. The summed E-state index contributed by atoms with van der Waals surface area (Å²) in [5.74, 6) is 0.188. The van der Waals surface area contributed by atoms with E-state index in [1.807, 2.05) is 6.92 Å². The molecule has 3 nitrogen and oxygen atoms in total. The number of carbonyl (C=O) groups excluding carboxylic acids is 1. The highest BCUT2D eigenvalue weighted by molar-refractivity contribution is 5.75. The molecule has 0 N–H and O–H groups in total. The van der Waals surface area contributed by atoms with E-state index in [2.05, 4.69) is 0 Å². The van der Waals surface area contributed by atoms with Crippen molar-refractivity contribution >= 4 is 5.91 Å². The maximum Gasteiger partial charge on any atom is 0.224 e. The van der Waals surface area contributed by atoms with Crippen LogP contribution in [0.3, 0.4) is 0 Å². The van der Waals surface area contributed by atoms with Gasteiger partial charge in [-0.05, 0) is 0 Å². The Hall–Kier alpha value is -0.570. The Morgan fingerprint density at radius 3 is 3.00 bits per heavy atom. The van der Waals surface area contributed by atoms with Crippen LogP contribution in [0, 0.1) is 0 Å². The van der Waals surface area contributed by atoms with Crippen molar-refractivity contribution in [3.8, 4) is 0 Å². The van der Waals surface area contributed by atoms with Gasteiger partial charge in [-0.3, -0.25) is 4.79 Å². The number of rotatable bonds is 1. The summed E-state index contributed by atoms with van der Waals surface area (Å²) in [6.07, 6.45) is 0.587. The highest BCUT2D eigenvalue weighted by Gasteiger charge is 2.15. The number of carbonyl (C=O) groups is 1. The third kappa shape index (κ3) is 1.42. The number of hydrogen-bond donors (Lipinski definition) is 0. The summed E-state index contributed by atoms with van der Waals surface area (Å²) in [6.45, 7) is 3.83. The van der Waals surface area contributed by atoms with Gasteiger partial charge in [-0.25, -0.2) is 0 Å². The summed E-state index contributed by atoms with van der Waals surface area (Å²) < 4.78 is 4.99. The first-order valence-electron chi connectivity index (χ1n) is 3.20. The van der Waals surface area contributed by atoms with Gasteiger partial charge in [0.05, 0.1) is 6.61 Å². The first-order chi connectivity index (χ1) is 4.34. The average Bonchev–Trinajstić information content (AvgIpc) is 2.37. The molecular weight excluding hydrogens is 118 g/mol. The molecule has 1 heterocycles. The topological polar surface area (TPSA) is 29.5 Å². The second kappa shape index (κ2) is 2.82. The third-order valence-electron chi connectivity index (χ3n) is 1.41. The number of ether oxygens (including phenoxy) is 1. The minimum absolute atomic E-state index is 0.188. The second-order valence-corrected chi connectivity index (χ2v) is 2.05. The Balaban J connectivity index is 2.32. The molecule has 0 atom stereocenters. The fraction of sp³-hybridized carbons (Fsp3) is 0.833. The second-order valence-electron chi connectivity index (χ2n) is 2.05. The summed E-state index contributed by atoms with van der Waals surface area (Å²) in [6, 6.07) is 0. The molecule has 1 amide bonds. The molecule has 0 aromatic heterocycles. The Morgan fingerprint density at radius 1 is 1.78 bits per heavy atom. The van der Waals surface area contributed by atoms with Gasteiger partial charge in [0, 0.05) is 13.0 Å². The van der Waals surface area contributed by atoms with Crippen LogP contribution in [0.4, 0.5) is 0 Å². The van der Waals surface area contributed by atoms with Crippen molar-refractivity contribution in [3.63, 3.8) is 0 Å². The Morgan fingerprint density at radius 2 is 2.56 bits per heavy atom. The van der Waals surface area contributed by atoms with Crippen molar-refractivity contribution in [2.45, 2.75) is 13.3 Å². The summed E-state index contributed by atoms with van der Waals surface area (Å²) in [4.78, 5) is 12.6. The highest BCUT2D eigenvalue weighted by atomic mass is 16.5. The van der Waals surface area contributed by atoms with Gasteiger partial charge in [0.2, 0.25) is 5.91 Å². The van der Waals surface area contributed by atoms with Gasteiger partial charge in [-0.2, -0.15) is 0 Å². The summed E-state index contributed by atoms with van der Waals surface area (Å²) >= 11 is 0. The molecule has 0 radical (unpaired) electrons. The zero-order valence-corrected chi connectivity index (χ0v) is 5.59. The van der Waals surface area contributed by atoms with Crippen LogP contribution in [0.25, 0.3) is 0 Å². The van der Waals surface area contributed by atoms with Crippen molar-refractivity contribution in [3.05, 3.63) is 0 Å². The summed E-state index contributed by atoms with van der Waals surface area (Å²) in [5, 5.41) is 0. The predicted octanol–water partition coefficient (Wildman–Crippen LogP) is 0.213. The molecule has 1 aliphatic heterocycles. The first-order valence-corrected chi connectivity index (χ1v) is 3.20. The molecule has 0 aliphatic carbocycles. The molecule has 0 saturated carbocycles. The number of hydrogen-bond acceptors (Lipinski definition) is 2.